The van der Waals surface area contributed by atoms with Crippen molar-refractivity contribution >= 4 is 38.9 Å². The van der Waals surface area contributed by atoms with Crippen molar-refractivity contribution < 1.29 is 4.79 Å². The fourth-order valence-electron chi connectivity index (χ4n) is 3.22. The minimum Gasteiger partial charge on any atom is -0.405 e. The third-order valence-electron chi connectivity index (χ3n) is 4.82. The van der Waals surface area contributed by atoms with E-state index in [1.807, 2.05) is 31.3 Å². The zero-order chi connectivity index (χ0) is 19.7. The molecule has 7 nitrogen and oxygen atoms in total. The summed E-state index contributed by atoms with van der Waals surface area (Å²) in [5.74, 6) is -0.144. The quantitative estimate of drug-likeness (QED) is 0.667. The van der Waals surface area contributed by atoms with Gasteiger partial charge in [-0.15, -0.1) is 0 Å². The smallest absolute Gasteiger partial charge is 0.255 e. The molecule has 8 heteroatoms. The van der Waals surface area contributed by atoms with E-state index in [1.165, 1.54) is 17.7 Å². The number of aliphatic imine (C=N–C) groups is 1. The molecule has 0 radical (unpaired) electrons. The minimum absolute atomic E-state index is 0.0681. The number of likely N-dealkylation sites (tertiary alicyclic amines) is 1. The van der Waals surface area contributed by atoms with Gasteiger partial charge in [0.05, 0.1) is 39.3 Å². The highest BCUT2D eigenvalue weighted by Crippen LogP contribution is 2.26. The molecule has 1 aliphatic rings. The van der Waals surface area contributed by atoms with Crippen molar-refractivity contribution in [2.45, 2.75) is 6.92 Å². The number of aromatic nitrogens is 2. The molecule has 140 valence electrons. The van der Waals surface area contributed by atoms with Crippen molar-refractivity contribution in [3.63, 3.8) is 0 Å². The molecule has 0 spiro atoms. The first-order valence-electron chi connectivity index (χ1n) is 8.79. The lowest BCUT2D eigenvalue weighted by Crippen LogP contribution is -2.49. The first kappa shape index (κ1) is 17.9. The van der Waals surface area contributed by atoms with Crippen LogP contribution in [0.4, 0.5) is 5.69 Å². The fourth-order valence-corrected chi connectivity index (χ4v) is 3.84. The number of nitriles is 1. The van der Waals surface area contributed by atoms with Gasteiger partial charge in [0.15, 0.2) is 0 Å². The number of allylic oxidation sites excluding steroid dienone is 1. The number of fused-ring (bicyclic) bond motifs is 1. The van der Waals surface area contributed by atoms with Crippen LogP contribution in [-0.4, -0.2) is 39.0 Å². The Morgan fingerprint density at radius 3 is 3.07 bits per heavy atom. The molecule has 1 fully saturated rings. The highest BCUT2D eigenvalue weighted by molar-refractivity contribution is 7.13. The second-order valence-electron chi connectivity index (χ2n) is 6.64. The molecule has 0 aliphatic carbocycles. The first-order valence-corrected chi connectivity index (χ1v) is 9.56. The Kier molecular flexibility index (Phi) is 4.67. The van der Waals surface area contributed by atoms with E-state index in [2.05, 4.69) is 15.4 Å². The van der Waals surface area contributed by atoms with Crippen molar-refractivity contribution in [3.05, 3.63) is 59.7 Å². The summed E-state index contributed by atoms with van der Waals surface area (Å²) in [5.41, 5.74) is 9.18. The van der Waals surface area contributed by atoms with Crippen LogP contribution in [0.25, 0.3) is 10.1 Å². The highest BCUT2D eigenvalue weighted by atomic mass is 32.1. The Bertz CT molecular complexity index is 1140. The second-order valence-corrected chi connectivity index (χ2v) is 7.48. The summed E-state index contributed by atoms with van der Waals surface area (Å²) in [6, 6.07) is 8.07. The molecule has 4 rings (SSSR count). The van der Waals surface area contributed by atoms with Crippen LogP contribution in [0.3, 0.4) is 0 Å². The van der Waals surface area contributed by atoms with E-state index in [0.717, 1.165) is 27.0 Å². The predicted octanol–water partition coefficient (Wildman–Crippen LogP) is 3.12. The van der Waals surface area contributed by atoms with Gasteiger partial charge in [-0.2, -0.15) is 9.64 Å². The van der Waals surface area contributed by atoms with E-state index in [0.29, 0.717) is 24.4 Å². The van der Waals surface area contributed by atoms with Gasteiger partial charge in [0.1, 0.15) is 0 Å². The molecule has 1 amide bonds. The van der Waals surface area contributed by atoms with Gasteiger partial charge in [-0.25, -0.2) is 4.99 Å². The van der Waals surface area contributed by atoms with Crippen molar-refractivity contribution in [2.24, 2.45) is 16.6 Å². The number of nitrogens with one attached hydrogen (secondary N) is 1. The lowest BCUT2D eigenvalue weighted by Gasteiger charge is -2.35. The Morgan fingerprint density at radius 2 is 2.32 bits per heavy atom. The predicted molar refractivity (Wildman–Crippen MR) is 110 cm³/mol. The Hall–Kier alpha value is -3.44. The monoisotopic (exact) mass is 390 g/mol. The molecule has 3 N–H and O–H groups in total. The highest BCUT2D eigenvalue weighted by Gasteiger charge is 2.32. The molecule has 3 aromatic rings. The van der Waals surface area contributed by atoms with Crippen molar-refractivity contribution in [1.29, 1.82) is 5.26 Å². The maximum Gasteiger partial charge on any atom is 0.255 e. The molecule has 1 aromatic carbocycles. The normalized spacial score (nSPS) is 15.1. The van der Waals surface area contributed by atoms with Crippen LogP contribution >= 0.6 is 11.5 Å². The zero-order valence-corrected chi connectivity index (χ0v) is 16.0. The largest absolute Gasteiger partial charge is 0.405 e. The lowest BCUT2D eigenvalue weighted by atomic mass is 10.00. The molecule has 1 aliphatic heterocycles. The molecule has 0 saturated carbocycles. The minimum atomic E-state index is -0.0756. The van der Waals surface area contributed by atoms with E-state index in [-0.39, 0.29) is 11.8 Å². The molecular weight excluding hydrogens is 372 g/mol. The second kappa shape index (κ2) is 7.29. The summed E-state index contributed by atoms with van der Waals surface area (Å²) >= 11 is 1.44. The number of hydrogen-bond donors (Lipinski definition) is 2. The summed E-state index contributed by atoms with van der Waals surface area (Å²) in [5, 5.41) is 9.94. The number of H-pyrrole nitrogens is 1. The van der Waals surface area contributed by atoms with Gasteiger partial charge < -0.3 is 15.6 Å². The fraction of sp³-hybridized carbons (Fsp3) is 0.200. The summed E-state index contributed by atoms with van der Waals surface area (Å²) in [6.07, 6.45) is 6.64. The van der Waals surface area contributed by atoms with Crippen LogP contribution < -0.4 is 5.73 Å². The number of amides is 1. The SMILES string of the molecule is Cc1c(C(=O)N2CC(C#N)C2)c[nH]c1C(/C=C\N)=Nc1ccc2sncc2c1. The van der Waals surface area contributed by atoms with Crippen molar-refractivity contribution in [3.8, 4) is 6.07 Å². The van der Waals surface area contributed by atoms with Crippen LogP contribution in [0.2, 0.25) is 0 Å². The first-order chi connectivity index (χ1) is 13.6. The number of rotatable bonds is 4. The van der Waals surface area contributed by atoms with Gasteiger partial charge in [-0.1, -0.05) is 0 Å². The maximum atomic E-state index is 12.7. The van der Waals surface area contributed by atoms with Gasteiger partial charge in [0.25, 0.3) is 5.91 Å². The van der Waals surface area contributed by atoms with Gasteiger partial charge in [-0.3, -0.25) is 4.79 Å². The Labute approximate surface area is 166 Å². The number of benzene rings is 1. The summed E-state index contributed by atoms with van der Waals surface area (Å²) in [7, 11) is 0. The van der Waals surface area contributed by atoms with E-state index in [9.17, 15) is 4.79 Å². The number of carbonyl (C=O) groups is 1. The topological polar surface area (TPSA) is 111 Å². The van der Waals surface area contributed by atoms with Crippen molar-refractivity contribution in [2.75, 3.05) is 13.1 Å². The molecule has 0 atom stereocenters. The third kappa shape index (κ3) is 3.17. The Balaban J connectivity index is 1.66. The molecular formula is C20H18N6OS. The molecule has 0 unspecified atom stereocenters. The summed E-state index contributed by atoms with van der Waals surface area (Å²) < 4.78 is 5.29. The van der Waals surface area contributed by atoms with Gasteiger partial charge >= 0.3 is 0 Å². The zero-order valence-electron chi connectivity index (χ0n) is 15.2. The average Bonchev–Trinajstić information content (AvgIpc) is 3.26. The molecule has 28 heavy (non-hydrogen) atoms. The number of carbonyl (C=O) groups excluding carboxylic acids is 1. The van der Waals surface area contributed by atoms with E-state index in [4.69, 9.17) is 16.0 Å². The number of hydrogen-bond acceptors (Lipinski definition) is 6. The molecule has 0 bridgehead atoms. The summed E-state index contributed by atoms with van der Waals surface area (Å²) in [6.45, 7) is 2.84. The van der Waals surface area contributed by atoms with Gasteiger partial charge in [-0.05, 0) is 54.5 Å². The van der Waals surface area contributed by atoms with E-state index < -0.39 is 0 Å². The van der Waals surface area contributed by atoms with Crippen LogP contribution in [0, 0.1) is 24.2 Å². The summed E-state index contributed by atoms with van der Waals surface area (Å²) in [4.78, 5) is 22.2. The van der Waals surface area contributed by atoms with Gasteiger partial charge in [0.2, 0.25) is 0 Å². The average molecular weight is 390 g/mol. The third-order valence-corrected chi connectivity index (χ3v) is 5.60. The van der Waals surface area contributed by atoms with Crippen LogP contribution in [0.5, 0.6) is 0 Å². The number of aromatic amines is 1. The van der Waals surface area contributed by atoms with E-state index >= 15 is 0 Å². The maximum absolute atomic E-state index is 12.7. The van der Waals surface area contributed by atoms with Gasteiger partial charge in [0, 0.05) is 30.9 Å². The van der Waals surface area contributed by atoms with Crippen LogP contribution in [-0.2, 0) is 0 Å². The lowest BCUT2D eigenvalue weighted by molar-refractivity contribution is 0.0577. The van der Waals surface area contributed by atoms with Crippen LogP contribution in [0.1, 0.15) is 21.6 Å². The van der Waals surface area contributed by atoms with Crippen LogP contribution in [0.15, 0.2) is 47.9 Å². The van der Waals surface area contributed by atoms with Crippen molar-refractivity contribution in [1.82, 2.24) is 14.3 Å². The van der Waals surface area contributed by atoms with E-state index in [1.54, 1.807) is 17.2 Å². The molecule has 1 saturated heterocycles. The molecule has 2 aromatic heterocycles. The Morgan fingerprint density at radius 1 is 1.50 bits per heavy atom. The number of nitrogens with two attached hydrogens (primary N) is 1. The molecule has 3 heterocycles. The number of nitrogens with zero attached hydrogens (tertiary/aromatic N) is 4. The standard InChI is InChI=1S/C20H18N6OS/c1-12-16(20(27)26-10-13(7-22)11-26)9-23-19(12)17(4-5-21)25-15-2-3-18-14(6-15)8-24-28-18/h2-6,8-9,13,23H,10-11,21H2,1H3/b5-4-,25-17?.